The summed E-state index contributed by atoms with van der Waals surface area (Å²) in [7, 11) is 0. The summed E-state index contributed by atoms with van der Waals surface area (Å²) >= 11 is 0. The fraction of sp³-hybridized carbons (Fsp3) is 0.562. The number of hydrogen-bond donors (Lipinski definition) is 2. The summed E-state index contributed by atoms with van der Waals surface area (Å²) in [6, 6.07) is 6.19. The van der Waals surface area contributed by atoms with Crippen molar-refractivity contribution >= 4 is 11.7 Å². The summed E-state index contributed by atoms with van der Waals surface area (Å²) in [5, 5.41) is 13.2. The summed E-state index contributed by atoms with van der Waals surface area (Å²) in [4.78, 5) is 11.4. The summed E-state index contributed by atoms with van der Waals surface area (Å²) in [6.07, 6.45) is 1.45. The second kappa shape index (κ2) is 6.03. The molecule has 0 aromatic heterocycles. The van der Waals surface area contributed by atoms with Crippen LogP contribution in [0, 0.1) is 0 Å². The molecule has 21 heavy (non-hydrogen) atoms. The summed E-state index contributed by atoms with van der Waals surface area (Å²) in [5.74, 6) is -0.162. The highest BCUT2D eigenvalue weighted by molar-refractivity contribution is 5.69. The van der Waals surface area contributed by atoms with Gasteiger partial charge in [-0.25, -0.2) is 0 Å². The van der Waals surface area contributed by atoms with Crippen molar-refractivity contribution in [2.75, 3.05) is 18.5 Å². The Morgan fingerprint density at radius 3 is 3.19 bits per heavy atom. The standard InChI is InChI=1S/C16H21NO4/c1-2-20-16(19)6-4-10-3-5-12-11(7-10)15-8-13(17-12)14(18)9-21-15/h3,5,7,13-15,17-18H,2,4,6,8-9H2,1H3/t13-,14+,15?/m1/s1. The zero-order valence-corrected chi connectivity index (χ0v) is 12.2. The number of nitrogens with one attached hydrogen (secondary N) is 1. The largest absolute Gasteiger partial charge is 0.466 e. The van der Waals surface area contributed by atoms with Crippen LogP contribution < -0.4 is 5.32 Å². The number of aliphatic hydroxyl groups is 1. The number of aryl methyl sites for hydroxylation is 1. The van der Waals surface area contributed by atoms with Crippen molar-refractivity contribution in [2.24, 2.45) is 0 Å². The first-order valence-electron chi connectivity index (χ1n) is 7.52. The molecule has 1 fully saturated rings. The SMILES string of the molecule is CCOC(=O)CCc1ccc2c(c1)C1C[C@@H](N2)[C@@H](O)CO1. The highest BCUT2D eigenvalue weighted by Gasteiger charge is 2.36. The number of ether oxygens (including phenoxy) is 2. The van der Waals surface area contributed by atoms with Gasteiger partial charge >= 0.3 is 5.97 Å². The van der Waals surface area contributed by atoms with Crippen LogP contribution >= 0.6 is 0 Å². The summed E-state index contributed by atoms with van der Waals surface area (Å²) in [5.41, 5.74) is 3.26. The fourth-order valence-corrected chi connectivity index (χ4v) is 3.00. The number of esters is 1. The van der Waals surface area contributed by atoms with Crippen LogP contribution in [0.15, 0.2) is 18.2 Å². The average Bonchev–Trinajstić information content (AvgIpc) is 2.49. The molecule has 0 spiro atoms. The second-order valence-corrected chi connectivity index (χ2v) is 5.60. The van der Waals surface area contributed by atoms with Crippen LogP contribution in [0.25, 0.3) is 0 Å². The van der Waals surface area contributed by atoms with E-state index < -0.39 is 6.10 Å². The minimum absolute atomic E-state index is 0.0391. The lowest BCUT2D eigenvalue weighted by atomic mass is 9.88. The quantitative estimate of drug-likeness (QED) is 0.828. The number of rotatable bonds is 4. The molecule has 1 aromatic carbocycles. The molecular weight excluding hydrogens is 270 g/mol. The molecule has 2 aliphatic rings. The van der Waals surface area contributed by atoms with Crippen LogP contribution in [0.1, 0.15) is 37.0 Å². The van der Waals surface area contributed by atoms with Crippen molar-refractivity contribution in [1.82, 2.24) is 0 Å². The maximum absolute atomic E-state index is 11.4. The Kier molecular flexibility index (Phi) is 4.12. The molecular formula is C16H21NO4. The minimum atomic E-state index is -0.446. The molecule has 2 heterocycles. The number of anilines is 1. The summed E-state index contributed by atoms with van der Waals surface area (Å²) in [6.45, 7) is 2.61. The molecule has 5 heteroatoms. The third-order valence-corrected chi connectivity index (χ3v) is 4.13. The molecule has 0 amide bonds. The van der Waals surface area contributed by atoms with Crippen molar-refractivity contribution in [3.63, 3.8) is 0 Å². The molecule has 114 valence electrons. The summed E-state index contributed by atoms with van der Waals surface area (Å²) < 4.78 is 10.7. The van der Waals surface area contributed by atoms with Gasteiger partial charge in [-0.15, -0.1) is 0 Å². The lowest BCUT2D eigenvalue weighted by molar-refractivity contribution is -0.143. The Labute approximate surface area is 124 Å². The van der Waals surface area contributed by atoms with Gasteiger partial charge in [0.15, 0.2) is 0 Å². The van der Waals surface area contributed by atoms with Crippen molar-refractivity contribution in [1.29, 1.82) is 0 Å². The normalized spacial score (nSPS) is 26.7. The van der Waals surface area contributed by atoms with Crippen LogP contribution in [0.3, 0.4) is 0 Å². The number of aliphatic hydroxyl groups excluding tert-OH is 1. The third kappa shape index (κ3) is 3.04. The van der Waals surface area contributed by atoms with E-state index in [4.69, 9.17) is 9.47 Å². The van der Waals surface area contributed by atoms with Crippen LogP contribution in [0.4, 0.5) is 5.69 Å². The van der Waals surface area contributed by atoms with Crippen LogP contribution in [0.5, 0.6) is 0 Å². The van der Waals surface area contributed by atoms with Crippen molar-refractivity contribution < 1.29 is 19.4 Å². The molecule has 2 bridgehead atoms. The lowest BCUT2D eigenvalue weighted by Crippen LogP contribution is -2.45. The monoisotopic (exact) mass is 291 g/mol. The Morgan fingerprint density at radius 1 is 1.52 bits per heavy atom. The second-order valence-electron chi connectivity index (χ2n) is 5.60. The molecule has 3 atom stereocenters. The Morgan fingerprint density at radius 2 is 2.38 bits per heavy atom. The number of carbonyl (C=O) groups excluding carboxylic acids is 1. The van der Waals surface area contributed by atoms with E-state index in [9.17, 15) is 9.90 Å². The van der Waals surface area contributed by atoms with Gasteiger partial charge in [-0.1, -0.05) is 12.1 Å². The van der Waals surface area contributed by atoms with Crippen molar-refractivity contribution in [3.8, 4) is 0 Å². The first-order valence-corrected chi connectivity index (χ1v) is 7.52. The molecule has 0 radical (unpaired) electrons. The van der Waals surface area contributed by atoms with E-state index >= 15 is 0 Å². The molecule has 2 N–H and O–H groups in total. The Bertz CT molecular complexity index is 531. The molecule has 1 unspecified atom stereocenters. The number of benzene rings is 1. The van der Waals surface area contributed by atoms with E-state index in [0.717, 1.165) is 23.2 Å². The predicted octanol–water partition coefficient (Wildman–Crippen LogP) is 1.80. The average molecular weight is 291 g/mol. The van der Waals surface area contributed by atoms with Gasteiger partial charge in [0.05, 0.1) is 31.5 Å². The van der Waals surface area contributed by atoms with E-state index in [-0.39, 0.29) is 18.1 Å². The molecule has 1 saturated heterocycles. The third-order valence-electron chi connectivity index (χ3n) is 4.13. The van der Waals surface area contributed by atoms with E-state index in [2.05, 4.69) is 11.4 Å². The fourth-order valence-electron chi connectivity index (χ4n) is 3.00. The van der Waals surface area contributed by atoms with Crippen molar-refractivity contribution in [3.05, 3.63) is 29.3 Å². The molecule has 5 nitrogen and oxygen atoms in total. The molecule has 1 aromatic rings. The molecule has 2 aliphatic heterocycles. The minimum Gasteiger partial charge on any atom is -0.466 e. The topological polar surface area (TPSA) is 67.8 Å². The van der Waals surface area contributed by atoms with Gasteiger partial charge in [-0.2, -0.15) is 0 Å². The van der Waals surface area contributed by atoms with Crippen LogP contribution in [0.2, 0.25) is 0 Å². The molecule has 0 aliphatic carbocycles. The van der Waals surface area contributed by atoms with Gasteiger partial charge in [0, 0.05) is 24.1 Å². The Balaban J connectivity index is 1.71. The predicted molar refractivity (Wildman–Crippen MR) is 78.1 cm³/mol. The zero-order valence-electron chi connectivity index (χ0n) is 12.2. The smallest absolute Gasteiger partial charge is 0.306 e. The first-order chi connectivity index (χ1) is 10.2. The van der Waals surface area contributed by atoms with Gasteiger partial charge < -0.3 is 19.9 Å². The van der Waals surface area contributed by atoms with Crippen molar-refractivity contribution in [2.45, 2.75) is 44.4 Å². The maximum Gasteiger partial charge on any atom is 0.306 e. The first kappa shape index (κ1) is 14.4. The van der Waals surface area contributed by atoms with Gasteiger partial charge in [0.2, 0.25) is 0 Å². The van der Waals surface area contributed by atoms with E-state index in [1.807, 2.05) is 19.1 Å². The highest BCUT2D eigenvalue weighted by Crippen LogP contribution is 2.39. The lowest BCUT2D eigenvalue weighted by Gasteiger charge is -2.40. The van der Waals surface area contributed by atoms with Gasteiger partial charge in [-0.05, 0) is 25.0 Å². The molecule has 3 rings (SSSR count). The van der Waals surface area contributed by atoms with Crippen LogP contribution in [-0.2, 0) is 20.7 Å². The van der Waals surface area contributed by atoms with Gasteiger partial charge in [0.1, 0.15) is 0 Å². The van der Waals surface area contributed by atoms with E-state index in [0.29, 0.717) is 26.1 Å². The zero-order chi connectivity index (χ0) is 14.8. The number of carbonyl (C=O) groups is 1. The number of fused-ring (bicyclic) bond motifs is 4. The maximum atomic E-state index is 11.4. The van der Waals surface area contributed by atoms with E-state index in [1.54, 1.807) is 0 Å². The highest BCUT2D eigenvalue weighted by atomic mass is 16.5. The van der Waals surface area contributed by atoms with Gasteiger partial charge in [0.25, 0.3) is 0 Å². The number of hydrogen-bond acceptors (Lipinski definition) is 5. The molecule has 0 saturated carbocycles. The van der Waals surface area contributed by atoms with E-state index in [1.165, 1.54) is 0 Å². The van der Waals surface area contributed by atoms with Gasteiger partial charge in [-0.3, -0.25) is 4.79 Å². The Hall–Kier alpha value is -1.59. The van der Waals surface area contributed by atoms with Crippen LogP contribution in [-0.4, -0.2) is 36.4 Å².